The van der Waals surface area contributed by atoms with E-state index in [9.17, 15) is 9.18 Å². The molecule has 5 nitrogen and oxygen atoms in total. The van der Waals surface area contributed by atoms with Gasteiger partial charge >= 0.3 is 0 Å². The average Bonchev–Trinajstić information content (AvgIpc) is 3.19. The molecule has 3 aromatic carbocycles. The number of hydrogen-bond donors (Lipinski definition) is 1. The van der Waals surface area contributed by atoms with Crippen molar-refractivity contribution in [3.05, 3.63) is 89.2 Å². The van der Waals surface area contributed by atoms with Crippen LogP contribution in [-0.4, -0.2) is 16.0 Å². The number of anilines is 1. The van der Waals surface area contributed by atoms with Gasteiger partial charge < -0.3 is 9.84 Å². The molecule has 1 aromatic heterocycles. The van der Waals surface area contributed by atoms with Crippen LogP contribution in [-0.2, 0) is 0 Å². The number of carbonyl (C=O) groups excluding carboxylic acids is 1. The van der Waals surface area contributed by atoms with Gasteiger partial charge in [-0.15, -0.1) is 0 Å². The fourth-order valence-corrected chi connectivity index (χ4v) is 2.81. The topological polar surface area (TPSA) is 68.0 Å². The molecule has 0 saturated heterocycles. The summed E-state index contributed by atoms with van der Waals surface area (Å²) in [6.07, 6.45) is 0. The molecule has 1 N–H and O–H groups in total. The van der Waals surface area contributed by atoms with Crippen molar-refractivity contribution in [2.24, 2.45) is 0 Å². The van der Waals surface area contributed by atoms with E-state index in [0.29, 0.717) is 27.7 Å². The highest BCUT2D eigenvalue weighted by Crippen LogP contribution is 2.25. The third-order valence-electron chi connectivity index (χ3n) is 4.02. The molecule has 0 aliphatic carbocycles. The van der Waals surface area contributed by atoms with E-state index in [4.69, 9.17) is 16.1 Å². The molecule has 0 radical (unpaired) electrons. The van der Waals surface area contributed by atoms with Crippen LogP contribution in [0.3, 0.4) is 0 Å². The van der Waals surface area contributed by atoms with Crippen molar-refractivity contribution in [3.63, 3.8) is 0 Å². The lowest BCUT2D eigenvalue weighted by Gasteiger charge is -2.06. The fraction of sp³-hybridized carbons (Fsp3) is 0. The van der Waals surface area contributed by atoms with Crippen molar-refractivity contribution in [1.29, 1.82) is 0 Å². The van der Waals surface area contributed by atoms with Crippen molar-refractivity contribution in [1.82, 2.24) is 10.1 Å². The van der Waals surface area contributed by atoms with Crippen LogP contribution in [0.2, 0.25) is 5.02 Å². The lowest BCUT2D eigenvalue weighted by Crippen LogP contribution is -2.11. The average molecular weight is 394 g/mol. The molecule has 0 fully saturated rings. The van der Waals surface area contributed by atoms with Gasteiger partial charge in [-0.2, -0.15) is 4.98 Å². The highest BCUT2D eigenvalue weighted by Gasteiger charge is 2.14. The first-order valence-electron chi connectivity index (χ1n) is 8.36. The van der Waals surface area contributed by atoms with Crippen LogP contribution < -0.4 is 5.32 Å². The Kier molecular flexibility index (Phi) is 4.87. The maximum atomic E-state index is 13.9. The summed E-state index contributed by atoms with van der Waals surface area (Å²) >= 11 is 5.91. The van der Waals surface area contributed by atoms with Crippen LogP contribution in [0.4, 0.5) is 10.1 Å². The summed E-state index contributed by atoms with van der Waals surface area (Å²) in [6.45, 7) is 0. The largest absolute Gasteiger partial charge is 0.334 e. The molecular weight excluding hydrogens is 381 g/mol. The van der Waals surface area contributed by atoms with Gasteiger partial charge in [-0.3, -0.25) is 4.79 Å². The van der Waals surface area contributed by atoms with Crippen LogP contribution >= 0.6 is 11.6 Å². The van der Waals surface area contributed by atoms with Crippen molar-refractivity contribution < 1.29 is 13.7 Å². The summed E-state index contributed by atoms with van der Waals surface area (Å²) in [7, 11) is 0. The second-order valence-electron chi connectivity index (χ2n) is 5.94. The molecule has 1 amide bonds. The minimum Gasteiger partial charge on any atom is -0.334 e. The predicted molar refractivity (Wildman–Crippen MR) is 105 cm³/mol. The zero-order valence-electron chi connectivity index (χ0n) is 14.4. The molecule has 0 unspecified atom stereocenters. The molecule has 7 heteroatoms. The minimum atomic E-state index is -0.434. The lowest BCUT2D eigenvalue weighted by molar-refractivity contribution is 0.102. The van der Waals surface area contributed by atoms with Crippen LogP contribution in [0.15, 0.2) is 77.3 Å². The molecule has 0 bridgehead atoms. The van der Waals surface area contributed by atoms with Crippen molar-refractivity contribution in [2.45, 2.75) is 0 Å². The molecule has 28 heavy (non-hydrogen) atoms. The molecule has 0 saturated carbocycles. The molecule has 4 aromatic rings. The number of hydrogen-bond acceptors (Lipinski definition) is 4. The second kappa shape index (κ2) is 7.62. The predicted octanol–water partition coefficient (Wildman–Crippen LogP) is 5.45. The van der Waals surface area contributed by atoms with E-state index in [2.05, 4.69) is 15.5 Å². The van der Waals surface area contributed by atoms with Crippen LogP contribution in [0.5, 0.6) is 0 Å². The summed E-state index contributed by atoms with van der Waals surface area (Å²) in [5, 5.41) is 7.18. The first-order chi connectivity index (χ1) is 13.6. The van der Waals surface area contributed by atoms with Gasteiger partial charge in [0, 0.05) is 21.8 Å². The first kappa shape index (κ1) is 17.9. The van der Waals surface area contributed by atoms with E-state index >= 15 is 0 Å². The Morgan fingerprint density at radius 2 is 1.79 bits per heavy atom. The van der Waals surface area contributed by atoms with E-state index in [1.807, 2.05) is 0 Å². The molecule has 0 spiro atoms. The maximum absolute atomic E-state index is 13.9. The Hall–Kier alpha value is -3.51. The van der Waals surface area contributed by atoms with E-state index < -0.39 is 5.82 Å². The highest BCUT2D eigenvalue weighted by molar-refractivity contribution is 6.31. The Balaban J connectivity index is 1.51. The monoisotopic (exact) mass is 393 g/mol. The molecule has 0 atom stereocenters. The number of benzene rings is 3. The zero-order valence-corrected chi connectivity index (χ0v) is 15.2. The second-order valence-corrected chi connectivity index (χ2v) is 6.38. The number of aromatic nitrogens is 2. The van der Waals surface area contributed by atoms with Gasteiger partial charge in [0.2, 0.25) is 5.82 Å². The summed E-state index contributed by atoms with van der Waals surface area (Å²) in [6, 6.07) is 19.8. The summed E-state index contributed by atoms with van der Waals surface area (Å²) < 4.78 is 19.0. The van der Waals surface area contributed by atoms with E-state index in [-0.39, 0.29) is 17.4 Å². The van der Waals surface area contributed by atoms with Crippen molar-refractivity contribution in [2.75, 3.05) is 5.32 Å². The van der Waals surface area contributed by atoms with Crippen molar-refractivity contribution >= 4 is 23.2 Å². The van der Waals surface area contributed by atoms with Gasteiger partial charge in [-0.25, -0.2) is 4.39 Å². The van der Waals surface area contributed by atoms with Gasteiger partial charge in [-0.05, 0) is 54.6 Å². The normalized spacial score (nSPS) is 10.6. The lowest BCUT2D eigenvalue weighted by atomic mass is 10.1. The van der Waals surface area contributed by atoms with Gasteiger partial charge in [0.1, 0.15) is 5.82 Å². The Morgan fingerprint density at radius 1 is 1.00 bits per heavy atom. The van der Waals surface area contributed by atoms with Gasteiger partial charge in [0.05, 0.1) is 5.56 Å². The summed E-state index contributed by atoms with van der Waals surface area (Å²) in [4.78, 5) is 16.5. The van der Waals surface area contributed by atoms with Crippen LogP contribution in [0.25, 0.3) is 22.8 Å². The van der Waals surface area contributed by atoms with Crippen molar-refractivity contribution in [3.8, 4) is 22.8 Å². The molecule has 1 heterocycles. The summed E-state index contributed by atoms with van der Waals surface area (Å²) in [5.74, 6) is -0.272. The van der Waals surface area contributed by atoms with Crippen LogP contribution in [0, 0.1) is 5.82 Å². The quantitative estimate of drug-likeness (QED) is 0.500. The standard InChI is InChI=1S/C21H13ClFN3O2/c22-15-5-3-4-14(12-15)20(27)24-16-10-8-13(9-11-16)19-25-21(28-26-19)17-6-1-2-7-18(17)23/h1-12H,(H,24,27). The van der Waals surface area contributed by atoms with Gasteiger partial charge in [-0.1, -0.05) is 35.0 Å². The number of carbonyl (C=O) groups is 1. The Morgan fingerprint density at radius 3 is 2.54 bits per heavy atom. The third kappa shape index (κ3) is 3.77. The smallest absolute Gasteiger partial charge is 0.261 e. The van der Waals surface area contributed by atoms with Crippen LogP contribution in [0.1, 0.15) is 10.4 Å². The zero-order chi connectivity index (χ0) is 19.5. The first-order valence-corrected chi connectivity index (χ1v) is 8.74. The minimum absolute atomic E-state index is 0.103. The number of nitrogens with one attached hydrogen (secondary N) is 1. The molecule has 138 valence electrons. The number of nitrogens with zero attached hydrogens (tertiary/aromatic N) is 2. The number of amides is 1. The molecule has 0 aliphatic heterocycles. The SMILES string of the molecule is O=C(Nc1ccc(-c2noc(-c3ccccc3F)n2)cc1)c1cccc(Cl)c1. The summed E-state index contributed by atoms with van der Waals surface area (Å²) in [5.41, 5.74) is 1.98. The number of halogens is 2. The Bertz CT molecular complexity index is 1140. The third-order valence-corrected chi connectivity index (χ3v) is 4.25. The van der Waals surface area contributed by atoms with E-state index in [1.54, 1.807) is 66.7 Å². The van der Waals surface area contributed by atoms with Gasteiger partial charge in [0.25, 0.3) is 11.8 Å². The van der Waals surface area contributed by atoms with E-state index in [0.717, 1.165) is 0 Å². The maximum Gasteiger partial charge on any atom is 0.261 e. The number of rotatable bonds is 4. The molecule has 4 rings (SSSR count). The van der Waals surface area contributed by atoms with Gasteiger partial charge in [0.15, 0.2) is 0 Å². The Labute approximate surface area is 164 Å². The fourth-order valence-electron chi connectivity index (χ4n) is 2.62. The highest BCUT2D eigenvalue weighted by atomic mass is 35.5. The molecule has 0 aliphatic rings. The van der Waals surface area contributed by atoms with E-state index in [1.165, 1.54) is 6.07 Å². The molecular formula is C21H13ClFN3O2.